The third kappa shape index (κ3) is 3.09. The smallest absolute Gasteiger partial charge is 0.132 e. The van der Waals surface area contributed by atoms with Gasteiger partial charge in [0.05, 0.1) is 0 Å². The molecule has 2 rings (SSSR count). The van der Waals surface area contributed by atoms with E-state index in [1.165, 1.54) is 10.9 Å². The summed E-state index contributed by atoms with van der Waals surface area (Å²) in [7, 11) is 1.95. The molecule has 0 fully saturated rings. The maximum atomic E-state index is 5.90. The van der Waals surface area contributed by atoms with Crippen LogP contribution >= 0.6 is 11.6 Å². The van der Waals surface area contributed by atoms with E-state index in [2.05, 4.69) is 36.5 Å². The van der Waals surface area contributed by atoms with Gasteiger partial charge in [-0.25, -0.2) is 0 Å². The van der Waals surface area contributed by atoms with Crippen LogP contribution in [0.25, 0.3) is 10.8 Å². The zero-order valence-electron chi connectivity index (χ0n) is 11.2. The lowest BCUT2D eigenvalue weighted by Crippen LogP contribution is -2.14. The molecule has 0 aromatic heterocycles. The highest BCUT2D eigenvalue weighted by Gasteiger charge is 2.13. The van der Waals surface area contributed by atoms with Crippen LogP contribution in [0.5, 0.6) is 5.75 Å². The molecule has 19 heavy (non-hydrogen) atoms. The number of rotatable bonds is 5. The van der Waals surface area contributed by atoms with Gasteiger partial charge in [0.15, 0.2) is 0 Å². The van der Waals surface area contributed by atoms with Crippen molar-refractivity contribution in [3.63, 3.8) is 0 Å². The Hall–Kier alpha value is -1.51. The molecule has 2 aromatic rings. The number of fused-ring (bicyclic) bond motifs is 1. The Kier molecular flexibility index (Phi) is 4.83. The van der Waals surface area contributed by atoms with Gasteiger partial charge >= 0.3 is 0 Å². The highest BCUT2D eigenvalue weighted by Crippen LogP contribution is 2.33. The Balaban J connectivity index is 2.51. The van der Waals surface area contributed by atoms with E-state index < -0.39 is 0 Å². The molecule has 0 amide bonds. The van der Waals surface area contributed by atoms with Gasteiger partial charge in [0.25, 0.3) is 0 Å². The minimum Gasteiger partial charge on any atom is -0.488 e. The van der Waals surface area contributed by atoms with Crippen LogP contribution in [0.4, 0.5) is 0 Å². The van der Waals surface area contributed by atoms with Gasteiger partial charge in [-0.15, -0.1) is 0 Å². The first-order valence-electron chi connectivity index (χ1n) is 6.35. The molecular formula is C16H18ClNO. The predicted octanol–water partition coefficient (Wildman–Crippen LogP) is 4.25. The largest absolute Gasteiger partial charge is 0.488 e. The Morgan fingerprint density at radius 1 is 1.26 bits per heavy atom. The van der Waals surface area contributed by atoms with Gasteiger partial charge in [-0.05, 0) is 25.4 Å². The van der Waals surface area contributed by atoms with Gasteiger partial charge in [0.2, 0.25) is 0 Å². The SMILES string of the molecule is CNC(C)c1ccc2ccccc2c1OC/C=C/Cl. The molecule has 0 saturated heterocycles. The number of hydrogen-bond donors (Lipinski definition) is 1. The highest BCUT2D eigenvalue weighted by atomic mass is 35.5. The summed E-state index contributed by atoms with van der Waals surface area (Å²) < 4.78 is 5.90. The second kappa shape index (κ2) is 6.60. The van der Waals surface area contributed by atoms with Crippen LogP contribution in [0.2, 0.25) is 0 Å². The lowest BCUT2D eigenvalue weighted by molar-refractivity contribution is 0.359. The van der Waals surface area contributed by atoms with Crippen LogP contribution in [-0.4, -0.2) is 13.7 Å². The second-order valence-corrected chi connectivity index (χ2v) is 4.64. The fourth-order valence-electron chi connectivity index (χ4n) is 2.09. The maximum absolute atomic E-state index is 5.90. The summed E-state index contributed by atoms with van der Waals surface area (Å²) in [5.74, 6) is 0.926. The molecular weight excluding hydrogens is 258 g/mol. The molecule has 0 aliphatic carbocycles. The molecule has 0 spiro atoms. The molecule has 2 aromatic carbocycles. The number of hydrogen-bond acceptors (Lipinski definition) is 2. The van der Waals surface area contributed by atoms with Crippen molar-refractivity contribution in [1.29, 1.82) is 0 Å². The van der Waals surface area contributed by atoms with E-state index in [1.807, 2.05) is 19.2 Å². The standard InChI is InChI=1S/C16H18ClNO/c1-12(18-2)14-9-8-13-6-3-4-7-15(13)16(14)19-11-5-10-17/h3-10,12,18H,11H2,1-2H3/b10-5+. The number of benzene rings is 2. The van der Waals surface area contributed by atoms with Gasteiger partial charge in [-0.2, -0.15) is 0 Å². The Morgan fingerprint density at radius 3 is 2.79 bits per heavy atom. The van der Waals surface area contributed by atoms with Crippen LogP contribution in [0.1, 0.15) is 18.5 Å². The summed E-state index contributed by atoms with van der Waals surface area (Å²) in [6.07, 6.45) is 1.79. The van der Waals surface area contributed by atoms with Crippen LogP contribution < -0.4 is 10.1 Å². The zero-order chi connectivity index (χ0) is 13.7. The fraction of sp³-hybridized carbons (Fsp3) is 0.250. The molecule has 0 radical (unpaired) electrons. The van der Waals surface area contributed by atoms with Crippen molar-refractivity contribution < 1.29 is 4.74 Å². The first kappa shape index (κ1) is 13.9. The number of ether oxygens (including phenoxy) is 1. The lowest BCUT2D eigenvalue weighted by atomic mass is 10.0. The van der Waals surface area contributed by atoms with Crippen molar-refractivity contribution in [2.45, 2.75) is 13.0 Å². The molecule has 1 atom stereocenters. The molecule has 0 saturated carbocycles. The first-order valence-corrected chi connectivity index (χ1v) is 6.78. The van der Waals surface area contributed by atoms with E-state index in [0.29, 0.717) is 6.61 Å². The molecule has 0 aliphatic heterocycles. The van der Waals surface area contributed by atoms with Gasteiger partial charge in [0, 0.05) is 22.5 Å². The van der Waals surface area contributed by atoms with Crippen molar-refractivity contribution in [2.75, 3.05) is 13.7 Å². The summed E-state index contributed by atoms with van der Waals surface area (Å²) >= 11 is 5.54. The van der Waals surface area contributed by atoms with Crippen LogP contribution in [-0.2, 0) is 0 Å². The van der Waals surface area contributed by atoms with E-state index in [-0.39, 0.29) is 6.04 Å². The minimum absolute atomic E-state index is 0.236. The molecule has 0 aliphatic rings. The van der Waals surface area contributed by atoms with Crippen molar-refractivity contribution >= 4 is 22.4 Å². The van der Waals surface area contributed by atoms with Crippen LogP contribution in [0.3, 0.4) is 0 Å². The fourth-order valence-corrected chi connectivity index (χ4v) is 2.16. The van der Waals surface area contributed by atoms with Crippen molar-refractivity contribution in [1.82, 2.24) is 5.32 Å². The van der Waals surface area contributed by atoms with Gasteiger partial charge in [-0.3, -0.25) is 0 Å². The van der Waals surface area contributed by atoms with Crippen LogP contribution in [0, 0.1) is 0 Å². The summed E-state index contributed by atoms with van der Waals surface area (Å²) in [4.78, 5) is 0. The van der Waals surface area contributed by atoms with E-state index in [1.54, 1.807) is 6.08 Å². The maximum Gasteiger partial charge on any atom is 0.132 e. The van der Waals surface area contributed by atoms with E-state index in [9.17, 15) is 0 Å². The molecule has 2 nitrogen and oxygen atoms in total. The second-order valence-electron chi connectivity index (χ2n) is 4.39. The minimum atomic E-state index is 0.236. The monoisotopic (exact) mass is 275 g/mol. The summed E-state index contributed by atoms with van der Waals surface area (Å²) in [6.45, 7) is 2.59. The van der Waals surface area contributed by atoms with Gasteiger partial charge in [0.1, 0.15) is 12.4 Å². The molecule has 0 bridgehead atoms. The van der Waals surface area contributed by atoms with E-state index in [0.717, 1.165) is 16.7 Å². The predicted molar refractivity (Wildman–Crippen MR) is 81.9 cm³/mol. The van der Waals surface area contributed by atoms with Crippen molar-refractivity contribution in [3.8, 4) is 5.75 Å². The molecule has 0 heterocycles. The lowest BCUT2D eigenvalue weighted by Gasteiger charge is -2.18. The average molecular weight is 276 g/mol. The average Bonchev–Trinajstić information content (AvgIpc) is 2.46. The summed E-state index contributed by atoms with van der Waals surface area (Å²) in [5.41, 5.74) is 2.64. The molecule has 3 heteroatoms. The Bertz CT molecular complexity index is 580. The first-order chi connectivity index (χ1) is 9.27. The van der Waals surface area contributed by atoms with Gasteiger partial charge < -0.3 is 10.1 Å². The van der Waals surface area contributed by atoms with E-state index >= 15 is 0 Å². The quantitative estimate of drug-likeness (QED) is 0.881. The number of halogens is 1. The third-order valence-corrected chi connectivity index (χ3v) is 3.40. The molecule has 1 unspecified atom stereocenters. The molecule has 100 valence electrons. The van der Waals surface area contributed by atoms with Crippen molar-refractivity contribution in [3.05, 3.63) is 53.6 Å². The zero-order valence-corrected chi connectivity index (χ0v) is 11.9. The Morgan fingerprint density at radius 2 is 2.05 bits per heavy atom. The van der Waals surface area contributed by atoms with Crippen molar-refractivity contribution in [2.24, 2.45) is 0 Å². The summed E-state index contributed by atoms with van der Waals surface area (Å²) in [6, 6.07) is 12.7. The Labute approximate surface area is 119 Å². The van der Waals surface area contributed by atoms with Crippen LogP contribution in [0.15, 0.2) is 48.0 Å². The normalized spacial score (nSPS) is 13.0. The molecule has 1 N–H and O–H groups in total. The summed E-state index contributed by atoms with van der Waals surface area (Å²) in [5, 5.41) is 5.56. The van der Waals surface area contributed by atoms with Gasteiger partial charge in [-0.1, -0.05) is 48.0 Å². The van der Waals surface area contributed by atoms with E-state index in [4.69, 9.17) is 16.3 Å². The third-order valence-electron chi connectivity index (χ3n) is 3.22. The number of nitrogens with one attached hydrogen (secondary N) is 1. The topological polar surface area (TPSA) is 21.3 Å². The highest BCUT2D eigenvalue weighted by molar-refractivity contribution is 6.25.